The van der Waals surface area contributed by atoms with E-state index < -0.39 is 40.5 Å². The van der Waals surface area contributed by atoms with Crippen LogP contribution in [0.1, 0.15) is 57.4 Å². The number of imide groups is 1. The molecule has 2 aromatic carbocycles. The number of benzene rings is 2. The fourth-order valence-corrected chi connectivity index (χ4v) is 4.51. The molecule has 1 aliphatic rings. The highest BCUT2D eigenvalue weighted by Gasteiger charge is 2.35. The smallest absolute Gasteiger partial charge is 0.338 e. The third kappa shape index (κ3) is 6.78. The highest BCUT2D eigenvalue weighted by atomic mass is 16.6. The summed E-state index contributed by atoms with van der Waals surface area (Å²) in [5, 5.41) is 0.940. The first-order valence-corrected chi connectivity index (χ1v) is 13.5. The first-order chi connectivity index (χ1) is 19.9. The van der Waals surface area contributed by atoms with Crippen molar-refractivity contribution in [2.45, 2.75) is 39.8 Å². The maximum absolute atomic E-state index is 13.2. The van der Waals surface area contributed by atoms with Crippen molar-refractivity contribution >= 4 is 23.7 Å². The summed E-state index contributed by atoms with van der Waals surface area (Å²) < 4.78 is 7.31. The average Bonchev–Trinajstić information content (AvgIpc) is 3.18. The van der Waals surface area contributed by atoms with E-state index in [2.05, 4.69) is 5.43 Å². The number of hydrogen-bond acceptors (Lipinski definition) is 9. The monoisotopic (exact) mass is 575 g/mol. The summed E-state index contributed by atoms with van der Waals surface area (Å²) in [6.07, 6.45) is 1.38. The van der Waals surface area contributed by atoms with Gasteiger partial charge in [-0.2, -0.15) is 4.57 Å². The molecule has 0 radical (unpaired) electrons. The molecule has 0 bridgehead atoms. The maximum Gasteiger partial charge on any atom is 0.338 e. The van der Waals surface area contributed by atoms with Gasteiger partial charge in [0, 0.05) is 43.5 Å². The van der Waals surface area contributed by atoms with Crippen molar-refractivity contribution in [1.82, 2.24) is 24.5 Å². The second-order valence-electron chi connectivity index (χ2n) is 10.9. The number of esters is 1. The van der Waals surface area contributed by atoms with Crippen LogP contribution in [0.5, 0.6) is 0 Å². The van der Waals surface area contributed by atoms with E-state index in [0.29, 0.717) is 15.7 Å². The molecule has 12 heteroatoms. The predicted molar refractivity (Wildman–Crippen MR) is 153 cm³/mol. The van der Waals surface area contributed by atoms with Crippen molar-refractivity contribution < 1.29 is 23.9 Å². The number of carbonyl (C=O) groups is 4. The third-order valence-electron chi connectivity index (χ3n) is 6.47. The van der Waals surface area contributed by atoms with E-state index >= 15 is 0 Å². The minimum atomic E-state index is -0.805. The number of nitrogens with one attached hydrogen (secondary N) is 1. The second kappa shape index (κ2) is 12.5. The lowest BCUT2D eigenvalue weighted by Crippen LogP contribution is -2.48. The number of aromatic nitrogens is 2. The van der Waals surface area contributed by atoms with E-state index in [1.165, 1.54) is 29.8 Å². The lowest BCUT2D eigenvalue weighted by Gasteiger charge is -2.26. The van der Waals surface area contributed by atoms with Crippen LogP contribution in [0.25, 0.3) is 0 Å². The van der Waals surface area contributed by atoms with Crippen molar-refractivity contribution in [3.05, 3.63) is 104 Å². The molecule has 4 rings (SSSR count). The molecule has 0 saturated carbocycles. The zero-order valence-electron chi connectivity index (χ0n) is 24.0. The Labute approximate surface area is 242 Å². The Morgan fingerprint density at radius 2 is 1.48 bits per heavy atom. The normalized spacial score (nSPS) is 13.0. The molecule has 220 valence electrons. The Morgan fingerprint density at radius 3 is 2.07 bits per heavy atom. The Morgan fingerprint density at radius 1 is 0.881 bits per heavy atom. The van der Waals surface area contributed by atoms with Gasteiger partial charge in [0.2, 0.25) is 0 Å². The number of hydrogen-bond donors (Lipinski definition) is 1. The van der Waals surface area contributed by atoms with Crippen LogP contribution in [0.15, 0.2) is 70.4 Å². The molecule has 2 heterocycles. The molecule has 2 amide bonds. The van der Waals surface area contributed by atoms with Crippen LogP contribution in [0, 0.1) is 6.92 Å². The molecule has 1 aliphatic heterocycles. The second-order valence-corrected chi connectivity index (χ2v) is 10.9. The minimum Gasteiger partial charge on any atom is -0.459 e. The summed E-state index contributed by atoms with van der Waals surface area (Å²) in [5.74, 6) is -2.18. The van der Waals surface area contributed by atoms with Crippen LogP contribution in [0.4, 0.5) is 0 Å². The van der Waals surface area contributed by atoms with Gasteiger partial charge < -0.3 is 4.74 Å². The predicted octanol–water partition coefficient (Wildman–Crippen LogP) is 1.45. The van der Waals surface area contributed by atoms with Crippen molar-refractivity contribution in [2.24, 2.45) is 0 Å². The SMILES string of the molecule is Cc1cn(CCN(CCNN2C(=O)c3ccccc3C2=O)CC(=O)OC(C)(C)C)c(=O)n(C(=O)c2ccccc2)c1=O. The first-order valence-electron chi connectivity index (χ1n) is 13.5. The molecule has 1 aromatic heterocycles. The zero-order chi connectivity index (χ0) is 30.6. The number of fused-ring (bicyclic) bond motifs is 1. The molecule has 42 heavy (non-hydrogen) atoms. The van der Waals surface area contributed by atoms with Crippen LogP contribution in [-0.2, 0) is 16.1 Å². The lowest BCUT2D eigenvalue weighted by atomic mass is 10.1. The van der Waals surface area contributed by atoms with Gasteiger partial charge in [-0.15, -0.1) is 0 Å². The summed E-state index contributed by atoms with van der Waals surface area (Å²) in [5.41, 5.74) is 1.59. The number of hydrazine groups is 1. The Kier molecular flexibility index (Phi) is 8.98. The lowest BCUT2D eigenvalue weighted by molar-refractivity contribution is -0.156. The van der Waals surface area contributed by atoms with Gasteiger partial charge in [0.25, 0.3) is 23.3 Å². The minimum absolute atomic E-state index is 0.0395. The maximum atomic E-state index is 13.2. The van der Waals surface area contributed by atoms with Crippen LogP contribution < -0.4 is 16.7 Å². The molecule has 3 aromatic rings. The number of carbonyl (C=O) groups excluding carboxylic acids is 4. The first kappa shape index (κ1) is 30.3. The molecular formula is C30H33N5O7. The fraction of sp³-hybridized carbons (Fsp3) is 0.333. The largest absolute Gasteiger partial charge is 0.459 e. The Balaban J connectivity index is 1.50. The van der Waals surface area contributed by atoms with Crippen LogP contribution in [0.2, 0.25) is 0 Å². The van der Waals surface area contributed by atoms with Gasteiger partial charge >= 0.3 is 11.7 Å². The summed E-state index contributed by atoms with van der Waals surface area (Å²) in [7, 11) is 0. The van der Waals surface area contributed by atoms with Crippen LogP contribution >= 0.6 is 0 Å². The van der Waals surface area contributed by atoms with E-state index in [1.807, 2.05) is 0 Å². The molecular weight excluding hydrogens is 542 g/mol. The average molecular weight is 576 g/mol. The van der Waals surface area contributed by atoms with E-state index in [9.17, 15) is 28.8 Å². The summed E-state index contributed by atoms with van der Waals surface area (Å²) in [4.78, 5) is 78.7. The Hall–Kier alpha value is -4.68. The van der Waals surface area contributed by atoms with Gasteiger partial charge in [-0.05, 0) is 52.0 Å². The third-order valence-corrected chi connectivity index (χ3v) is 6.47. The van der Waals surface area contributed by atoms with Gasteiger partial charge in [0.05, 0.1) is 17.7 Å². The summed E-state index contributed by atoms with van der Waals surface area (Å²) >= 11 is 0. The quantitative estimate of drug-likeness (QED) is 0.281. The van der Waals surface area contributed by atoms with Crippen LogP contribution in [-0.4, -0.2) is 74.5 Å². The topological polar surface area (TPSA) is 140 Å². The standard InChI is InChI=1S/C30H33N5O7/c1-20-18-33(29(41)34(25(20)37)26(38)21-10-6-5-7-11-21)17-16-32(19-24(36)42-30(2,3)4)15-14-31-35-27(39)22-12-8-9-13-23(22)28(35)40/h5-13,18,31H,14-17,19H2,1-4H3. The number of rotatable bonds is 10. The number of aryl methyl sites for hydroxylation is 1. The van der Waals surface area contributed by atoms with E-state index in [-0.39, 0.29) is 43.9 Å². The highest BCUT2D eigenvalue weighted by Crippen LogP contribution is 2.20. The van der Waals surface area contributed by atoms with Crippen molar-refractivity contribution in [1.29, 1.82) is 0 Å². The Bertz CT molecular complexity index is 1600. The number of nitrogens with zero attached hydrogens (tertiary/aromatic N) is 4. The van der Waals surface area contributed by atoms with Gasteiger partial charge in [-0.25, -0.2) is 15.2 Å². The van der Waals surface area contributed by atoms with Gasteiger partial charge in [0.1, 0.15) is 5.60 Å². The van der Waals surface area contributed by atoms with Crippen LogP contribution in [0.3, 0.4) is 0 Å². The molecule has 0 aliphatic carbocycles. The van der Waals surface area contributed by atoms with Crippen molar-refractivity contribution in [2.75, 3.05) is 26.2 Å². The van der Waals surface area contributed by atoms with Gasteiger partial charge in [0.15, 0.2) is 0 Å². The van der Waals surface area contributed by atoms with E-state index in [1.54, 1.807) is 68.1 Å². The van der Waals surface area contributed by atoms with Crippen molar-refractivity contribution in [3.63, 3.8) is 0 Å². The van der Waals surface area contributed by atoms with Gasteiger partial charge in [-0.1, -0.05) is 30.3 Å². The summed E-state index contributed by atoms with van der Waals surface area (Å²) in [6, 6.07) is 14.5. The van der Waals surface area contributed by atoms with Gasteiger partial charge in [-0.3, -0.25) is 33.4 Å². The molecule has 12 nitrogen and oxygen atoms in total. The number of ether oxygens (including phenoxy) is 1. The molecule has 0 fully saturated rings. The molecule has 0 unspecified atom stereocenters. The van der Waals surface area contributed by atoms with Crippen molar-refractivity contribution in [3.8, 4) is 0 Å². The highest BCUT2D eigenvalue weighted by molar-refractivity contribution is 6.20. The fourth-order valence-electron chi connectivity index (χ4n) is 4.51. The van der Waals surface area contributed by atoms with E-state index in [0.717, 1.165) is 5.01 Å². The molecule has 1 N–H and O–H groups in total. The summed E-state index contributed by atoms with van der Waals surface area (Å²) in [6.45, 7) is 7.11. The van der Waals surface area contributed by atoms with E-state index in [4.69, 9.17) is 4.74 Å². The molecule has 0 spiro atoms. The number of amides is 2. The zero-order valence-corrected chi connectivity index (χ0v) is 24.0. The molecule has 0 atom stereocenters. The molecule has 0 saturated heterocycles.